The van der Waals surface area contributed by atoms with E-state index in [1.54, 1.807) is 16.2 Å². The summed E-state index contributed by atoms with van der Waals surface area (Å²) in [6.45, 7) is 2.13. The minimum absolute atomic E-state index is 0.209. The van der Waals surface area contributed by atoms with Crippen LogP contribution in [0.15, 0.2) is 18.2 Å². The van der Waals surface area contributed by atoms with Crippen LogP contribution in [0.3, 0.4) is 0 Å². The van der Waals surface area contributed by atoms with Crippen molar-refractivity contribution in [3.8, 4) is 0 Å². The number of nitrogens with zero attached hydrogens (tertiary/aromatic N) is 4. The first-order valence-electron chi connectivity index (χ1n) is 9.44. The number of carbonyl (C=O) groups excluding carboxylic acids is 1. The number of anilines is 1. The molecule has 5 nitrogen and oxygen atoms in total. The van der Waals surface area contributed by atoms with Crippen LogP contribution in [0, 0.1) is 11.6 Å². The fourth-order valence-corrected chi connectivity index (χ4v) is 4.87. The molecule has 0 bridgehead atoms. The highest BCUT2D eigenvalue weighted by Gasteiger charge is 2.27. The van der Waals surface area contributed by atoms with Gasteiger partial charge in [-0.15, -0.1) is 10.2 Å². The Morgan fingerprint density at radius 2 is 1.78 bits per heavy atom. The van der Waals surface area contributed by atoms with Crippen molar-refractivity contribution >= 4 is 22.4 Å². The van der Waals surface area contributed by atoms with Crippen LogP contribution in [-0.2, 0) is 0 Å². The second-order valence-corrected chi connectivity index (χ2v) is 8.15. The van der Waals surface area contributed by atoms with Crippen molar-refractivity contribution in [1.82, 2.24) is 15.1 Å². The van der Waals surface area contributed by atoms with Crippen molar-refractivity contribution in [3.05, 3.63) is 40.4 Å². The van der Waals surface area contributed by atoms with Crippen LogP contribution in [0.5, 0.6) is 0 Å². The molecule has 2 aromatic rings. The molecule has 2 heterocycles. The van der Waals surface area contributed by atoms with Crippen LogP contribution >= 0.6 is 11.3 Å². The molecule has 8 heteroatoms. The second kappa shape index (κ2) is 7.88. The van der Waals surface area contributed by atoms with Gasteiger partial charge in [-0.05, 0) is 31.0 Å². The van der Waals surface area contributed by atoms with Gasteiger partial charge in [0.05, 0.1) is 5.56 Å². The molecule has 2 fully saturated rings. The van der Waals surface area contributed by atoms with Gasteiger partial charge in [0, 0.05) is 32.1 Å². The van der Waals surface area contributed by atoms with Gasteiger partial charge in [0.2, 0.25) is 5.13 Å². The van der Waals surface area contributed by atoms with Gasteiger partial charge in [-0.25, -0.2) is 8.78 Å². The largest absolute Gasteiger partial charge is 0.343 e. The number of hydrogen-bond donors (Lipinski definition) is 0. The Kier molecular flexibility index (Phi) is 5.33. The quantitative estimate of drug-likeness (QED) is 0.797. The van der Waals surface area contributed by atoms with Crippen LogP contribution in [0.4, 0.5) is 13.9 Å². The van der Waals surface area contributed by atoms with E-state index in [-0.39, 0.29) is 5.56 Å². The zero-order valence-electron chi connectivity index (χ0n) is 15.0. The highest BCUT2D eigenvalue weighted by molar-refractivity contribution is 7.15. The lowest BCUT2D eigenvalue weighted by Gasteiger charge is -2.34. The standard InChI is InChI=1S/C19H22F2N4OS/c20-14-6-7-16(21)15(12-14)18(26)24-8-10-25(11-9-24)19-23-22-17(27-19)13-4-2-1-3-5-13/h6-7,12-13H,1-5,8-11H2. The van der Waals surface area contributed by atoms with E-state index in [1.165, 1.54) is 32.1 Å². The fraction of sp³-hybridized carbons (Fsp3) is 0.526. The third kappa shape index (κ3) is 3.95. The molecule has 4 rings (SSSR count). The van der Waals surface area contributed by atoms with Crippen LogP contribution in [0.1, 0.15) is 53.4 Å². The van der Waals surface area contributed by atoms with Crippen molar-refractivity contribution in [2.45, 2.75) is 38.0 Å². The molecule has 1 aliphatic heterocycles. The third-order valence-corrected chi connectivity index (χ3v) is 6.53. The summed E-state index contributed by atoms with van der Waals surface area (Å²) in [6.07, 6.45) is 6.21. The Hall–Kier alpha value is -2.09. The summed E-state index contributed by atoms with van der Waals surface area (Å²) >= 11 is 1.65. The van der Waals surface area contributed by atoms with Crippen molar-refractivity contribution in [2.24, 2.45) is 0 Å². The smallest absolute Gasteiger partial charge is 0.257 e. The Labute approximate surface area is 161 Å². The van der Waals surface area contributed by atoms with Crippen LogP contribution in [-0.4, -0.2) is 47.2 Å². The van der Waals surface area contributed by atoms with Crippen molar-refractivity contribution in [3.63, 3.8) is 0 Å². The molecule has 0 radical (unpaired) electrons. The van der Waals surface area contributed by atoms with Gasteiger partial charge in [0.25, 0.3) is 5.91 Å². The number of hydrogen-bond acceptors (Lipinski definition) is 5. The highest BCUT2D eigenvalue weighted by Crippen LogP contribution is 2.36. The van der Waals surface area contributed by atoms with Crippen LogP contribution in [0.2, 0.25) is 0 Å². The maximum absolute atomic E-state index is 13.9. The molecule has 1 saturated heterocycles. The van der Waals surface area contributed by atoms with Crippen molar-refractivity contribution in [2.75, 3.05) is 31.1 Å². The average Bonchev–Trinajstić information content (AvgIpc) is 3.20. The van der Waals surface area contributed by atoms with Gasteiger partial charge in [0.15, 0.2) is 0 Å². The number of amides is 1. The van der Waals surface area contributed by atoms with Gasteiger partial charge in [-0.1, -0.05) is 30.6 Å². The minimum Gasteiger partial charge on any atom is -0.343 e. The fourth-order valence-electron chi connectivity index (χ4n) is 3.80. The average molecular weight is 392 g/mol. The molecule has 0 spiro atoms. The zero-order chi connectivity index (χ0) is 18.8. The number of halogens is 2. The molecule has 1 aromatic carbocycles. The molecule has 2 aliphatic rings. The maximum Gasteiger partial charge on any atom is 0.257 e. The lowest BCUT2D eigenvalue weighted by atomic mass is 9.90. The van der Waals surface area contributed by atoms with E-state index in [2.05, 4.69) is 15.1 Å². The van der Waals surface area contributed by atoms with Crippen LogP contribution in [0.25, 0.3) is 0 Å². The van der Waals surface area contributed by atoms with Crippen molar-refractivity contribution < 1.29 is 13.6 Å². The van der Waals surface area contributed by atoms with E-state index < -0.39 is 17.5 Å². The first-order valence-corrected chi connectivity index (χ1v) is 10.3. The summed E-state index contributed by atoms with van der Waals surface area (Å²) in [5.41, 5.74) is -0.209. The lowest BCUT2D eigenvalue weighted by Crippen LogP contribution is -2.49. The van der Waals surface area contributed by atoms with E-state index in [9.17, 15) is 13.6 Å². The third-order valence-electron chi connectivity index (χ3n) is 5.38. The van der Waals surface area contributed by atoms with Gasteiger partial charge in [-0.3, -0.25) is 4.79 Å². The van der Waals surface area contributed by atoms with Crippen molar-refractivity contribution in [1.29, 1.82) is 0 Å². The number of piperazine rings is 1. The maximum atomic E-state index is 13.9. The molecule has 0 N–H and O–H groups in total. The molecule has 0 unspecified atom stereocenters. The topological polar surface area (TPSA) is 49.3 Å². The summed E-state index contributed by atoms with van der Waals surface area (Å²) in [7, 11) is 0. The first kappa shape index (κ1) is 18.3. The van der Waals surface area contributed by atoms with E-state index in [1.807, 2.05) is 0 Å². The Bertz CT molecular complexity index is 814. The second-order valence-electron chi connectivity index (χ2n) is 7.16. The SMILES string of the molecule is O=C(c1cc(F)ccc1F)N1CCN(c2nnc(C3CCCCC3)s2)CC1. The first-order chi connectivity index (χ1) is 13.1. The number of aromatic nitrogens is 2. The van der Waals surface area contributed by atoms with Gasteiger partial charge in [0.1, 0.15) is 16.6 Å². The van der Waals surface area contributed by atoms with E-state index in [0.717, 1.165) is 28.3 Å². The zero-order valence-corrected chi connectivity index (χ0v) is 15.9. The molecular weight excluding hydrogens is 370 g/mol. The normalized spacial score (nSPS) is 18.7. The van der Waals surface area contributed by atoms with Crippen LogP contribution < -0.4 is 4.90 Å². The summed E-state index contributed by atoms with van der Waals surface area (Å²) in [5, 5.41) is 10.7. The Balaban J connectivity index is 1.38. The highest BCUT2D eigenvalue weighted by atomic mass is 32.1. The van der Waals surface area contributed by atoms with E-state index in [0.29, 0.717) is 32.1 Å². The predicted octanol–water partition coefficient (Wildman–Crippen LogP) is 3.83. The predicted molar refractivity (Wildman–Crippen MR) is 100 cm³/mol. The Morgan fingerprint density at radius 3 is 2.52 bits per heavy atom. The molecule has 27 heavy (non-hydrogen) atoms. The molecule has 144 valence electrons. The molecule has 1 saturated carbocycles. The number of carbonyl (C=O) groups is 1. The molecule has 1 aromatic heterocycles. The monoisotopic (exact) mass is 392 g/mol. The summed E-state index contributed by atoms with van der Waals surface area (Å²) in [5.74, 6) is -1.23. The molecule has 1 aliphatic carbocycles. The van der Waals surface area contributed by atoms with Gasteiger partial charge in [-0.2, -0.15) is 0 Å². The van der Waals surface area contributed by atoms with E-state index in [4.69, 9.17) is 0 Å². The minimum atomic E-state index is -0.690. The number of benzene rings is 1. The summed E-state index contributed by atoms with van der Waals surface area (Å²) in [4.78, 5) is 16.2. The summed E-state index contributed by atoms with van der Waals surface area (Å²) < 4.78 is 27.2. The van der Waals surface area contributed by atoms with E-state index >= 15 is 0 Å². The molecule has 0 atom stereocenters. The Morgan fingerprint density at radius 1 is 1.04 bits per heavy atom. The lowest BCUT2D eigenvalue weighted by molar-refractivity contribution is 0.0741. The summed E-state index contributed by atoms with van der Waals surface area (Å²) in [6, 6.07) is 2.97. The molecule has 1 amide bonds. The van der Waals surface area contributed by atoms with Gasteiger partial charge < -0.3 is 9.80 Å². The van der Waals surface area contributed by atoms with Gasteiger partial charge >= 0.3 is 0 Å². The number of rotatable bonds is 3. The molecular formula is C19H22F2N4OS.